The summed E-state index contributed by atoms with van der Waals surface area (Å²) in [6, 6.07) is 12.4. The number of nitrogens with zero attached hydrogens (tertiary/aromatic N) is 2. The van der Waals surface area contributed by atoms with Gasteiger partial charge in [-0.05, 0) is 31.2 Å². The number of aliphatic hydroxyl groups excluding tert-OH is 1. The Balaban J connectivity index is 0.00000136. The smallest absolute Gasteiger partial charge is 0.168 e. The predicted octanol–water partition coefficient (Wildman–Crippen LogP) is 3.43. The Labute approximate surface area is 167 Å². The zero-order valence-electron chi connectivity index (χ0n) is 16.9. The number of β-amino-alcohol motifs (C(OH)–C–C–N with tert-alkyl or cyclic N) is 1. The summed E-state index contributed by atoms with van der Waals surface area (Å²) in [7, 11) is 0. The van der Waals surface area contributed by atoms with Crippen LogP contribution in [0.25, 0.3) is 0 Å². The number of aryl methyl sites for hydroxylation is 1. The van der Waals surface area contributed by atoms with Gasteiger partial charge in [0.25, 0.3) is 0 Å². The van der Waals surface area contributed by atoms with Crippen molar-refractivity contribution in [1.29, 1.82) is 0 Å². The summed E-state index contributed by atoms with van der Waals surface area (Å²) in [4.78, 5) is 4.55. The fourth-order valence-electron chi connectivity index (χ4n) is 3.06. The van der Waals surface area contributed by atoms with Crippen LogP contribution in [0.15, 0.2) is 42.5 Å². The van der Waals surface area contributed by atoms with Crippen LogP contribution in [0.4, 0.5) is 10.1 Å². The zero-order valence-corrected chi connectivity index (χ0v) is 16.9. The molecule has 1 heterocycles. The van der Waals surface area contributed by atoms with Gasteiger partial charge in [-0.2, -0.15) is 0 Å². The topological polar surface area (TPSA) is 56.2 Å². The fourth-order valence-corrected chi connectivity index (χ4v) is 3.06. The maximum atomic E-state index is 13.3. The second-order valence-electron chi connectivity index (χ2n) is 6.70. The number of aliphatic hydroxyl groups is 1. The summed E-state index contributed by atoms with van der Waals surface area (Å²) < 4.78 is 18.7. The van der Waals surface area contributed by atoms with E-state index in [0.717, 1.165) is 32.2 Å². The van der Waals surface area contributed by atoms with E-state index in [1.165, 1.54) is 23.4 Å². The maximum absolute atomic E-state index is 13.3. The third-order valence-electron chi connectivity index (χ3n) is 4.60. The Morgan fingerprint density at radius 2 is 1.68 bits per heavy atom. The molecule has 0 unspecified atom stereocenters. The summed E-state index contributed by atoms with van der Waals surface area (Å²) in [6.45, 7) is 10.3. The molecule has 1 atom stereocenters. The Morgan fingerprint density at radius 3 is 2.29 bits per heavy atom. The number of aromatic hydroxyl groups is 1. The highest BCUT2D eigenvalue weighted by Crippen LogP contribution is 2.21. The van der Waals surface area contributed by atoms with Crippen LogP contribution in [0.1, 0.15) is 19.4 Å². The van der Waals surface area contributed by atoms with Gasteiger partial charge in [0.05, 0.1) is 0 Å². The second-order valence-corrected chi connectivity index (χ2v) is 6.70. The number of halogens is 1. The molecular weight excluding hydrogens is 359 g/mol. The van der Waals surface area contributed by atoms with Crippen molar-refractivity contribution in [1.82, 2.24) is 4.90 Å². The van der Waals surface area contributed by atoms with Gasteiger partial charge in [-0.1, -0.05) is 31.5 Å². The lowest BCUT2D eigenvalue weighted by Crippen LogP contribution is -2.49. The van der Waals surface area contributed by atoms with Crippen molar-refractivity contribution in [3.8, 4) is 11.5 Å². The third-order valence-corrected chi connectivity index (χ3v) is 4.60. The van der Waals surface area contributed by atoms with Gasteiger partial charge >= 0.3 is 0 Å². The van der Waals surface area contributed by atoms with Crippen LogP contribution in [-0.4, -0.2) is 60.5 Å². The first-order chi connectivity index (χ1) is 13.5. The van der Waals surface area contributed by atoms with Gasteiger partial charge in [0.15, 0.2) is 11.6 Å². The van der Waals surface area contributed by atoms with Gasteiger partial charge in [-0.15, -0.1) is 0 Å². The largest absolute Gasteiger partial charge is 0.505 e. The van der Waals surface area contributed by atoms with Gasteiger partial charge in [-0.3, -0.25) is 4.90 Å². The monoisotopic (exact) mass is 390 g/mol. The van der Waals surface area contributed by atoms with Crippen molar-refractivity contribution in [2.75, 3.05) is 44.2 Å². The van der Waals surface area contributed by atoms with Crippen molar-refractivity contribution in [3.63, 3.8) is 0 Å². The number of rotatable bonds is 6. The lowest BCUT2D eigenvalue weighted by atomic mass is 10.2. The molecule has 1 aliphatic rings. The molecule has 1 aliphatic heterocycles. The first-order valence-corrected chi connectivity index (χ1v) is 9.84. The third kappa shape index (κ3) is 6.39. The normalized spacial score (nSPS) is 15.5. The van der Waals surface area contributed by atoms with Gasteiger partial charge in [-0.25, -0.2) is 4.39 Å². The molecule has 2 N–H and O–H groups in total. The number of hydrogen-bond donors (Lipinski definition) is 2. The molecule has 2 aromatic rings. The zero-order chi connectivity index (χ0) is 20.5. The summed E-state index contributed by atoms with van der Waals surface area (Å²) in [5, 5.41) is 19.3. The van der Waals surface area contributed by atoms with Crippen LogP contribution in [-0.2, 0) is 0 Å². The number of anilines is 1. The van der Waals surface area contributed by atoms with E-state index in [0.29, 0.717) is 12.3 Å². The highest BCUT2D eigenvalue weighted by Gasteiger charge is 2.19. The van der Waals surface area contributed by atoms with Crippen molar-refractivity contribution < 1.29 is 19.3 Å². The number of piperazine rings is 1. The Bertz CT molecular complexity index is 716. The molecule has 0 aliphatic carbocycles. The summed E-state index contributed by atoms with van der Waals surface area (Å²) in [5.41, 5.74) is 2.48. The van der Waals surface area contributed by atoms with Gasteiger partial charge in [0.2, 0.25) is 0 Å². The fraction of sp³-hybridized carbons (Fsp3) is 0.455. The summed E-state index contributed by atoms with van der Waals surface area (Å²) in [6.07, 6.45) is -0.655. The van der Waals surface area contributed by atoms with Gasteiger partial charge < -0.3 is 19.8 Å². The Hall–Kier alpha value is -2.31. The lowest BCUT2D eigenvalue weighted by molar-refractivity contribution is 0.0661. The lowest BCUT2D eigenvalue weighted by Gasteiger charge is -2.36. The SMILES string of the molecule is CC.Cc1ccc(N2CCN(C[C@H](O)COc3ccc(O)c(F)c3)CC2)cc1. The van der Waals surface area contributed by atoms with E-state index in [1.54, 1.807) is 0 Å². The molecule has 1 fully saturated rings. The number of hydrogen-bond acceptors (Lipinski definition) is 5. The highest BCUT2D eigenvalue weighted by molar-refractivity contribution is 5.47. The molecule has 0 aromatic heterocycles. The van der Waals surface area contributed by atoms with E-state index < -0.39 is 17.7 Å². The number of benzene rings is 2. The van der Waals surface area contributed by atoms with Crippen molar-refractivity contribution in [2.24, 2.45) is 0 Å². The van der Waals surface area contributed by atoms with E-state index in [-0.39, 0.29) is 6.61 Å². The Kier molecular flexibility index (Phi) is 8.54. The van der Waals surface area contributed by atoms with Crippen molar-refractivity contribution >= 4 is 5.69 Å². The molecule has 154 valence electrons. The second kappa shape index (κ2) is 10.9. The van der Waals surface area contributed by atoms with Crippen LogP contribution in [0.2, 0.25) is 0 Å². The molecular formula is C22H31FN2O3. The van der Waals surface area contributed by atoms with E-state index in [4.69, 9.17) is 9.84 Å². The number of phenolic OH excluding ortho intramolecular Hbond substituents is 1. The first kappa shape index (κ1) is 22.0. The maximum Gasteiger partial charge on any atom is 0.168 e. The van der Waals surface area contributed by atoms with Gasteiger partial charge in [0, 0.05) is 44.5 Å². The van der Waals surface area contributed by atoms with E-state index in [2.05, 4.69) is 41.0 Å². The minimum atomic E-state index is -0.732. The molecule has 0 amide bonds. The molecule has 0 radical (unpaired) electrons. The average molecular weight is 390 g/mol. The van der Waals surface area contributed by atoms with Crippen LogP contribution < -0.4 is 9.64 Å². The molecule has 0 bridgehead atoms. The van der Waals surface area contributed by atoms with Gasteiger partial charge in [0.1, 0.15) is 18.5 Å². The van der Waals surface area contributed by atoms with Crippen LogP contribution >= 0.6 is 0 Å². The molecule has 0 saturated carbocycles. The van der Waals surface area contributed by atoms with E-state index in [9.17, 15) is 9.50 Å². The number of ether oxygens (including phenoxy) is 1. The average Bonchev–Trinajstić information content (AvgIpc) is 2.72. The quantitative estimate of drug-likeness (QED) is 0.792. The minimum Gasteiger partial charge on any atom is -0.505 e. The molecule has 5 nitrogen and oxygen atoms in total. The minimum absolute atomic E-state index is 0.0857. The standard InChI is InChI=1S/C20H25FN2O3.C2H6/c1-15-2-4-16(5-3-15)23-10-8-22(9-11-23)13-17(24)14-26-18-6-7-20(25)19(21)12-18;1-2/h2-7,12,17,24-25H,8-11,13-14H2,1H3;1-2H3/t17-;/m0./s1. The van der Waals surface area contributed by atoms with E-state index in [1.807, 2.05) is 13.8 Å². The Morgan fingerprint density at radius 1 is 1.04 bits per heavy atom. The summed E-state index contributed by atoms with van der Waals surface area (Å²) >= 11 is 0. The van der Waals surface area contributed by atoms with Crippen LogP contribution in [0, 0.1) is 12.7 Å². The molecule has 6 heteroatoms. The van der Waals surface area contributed by atoms with Crippen molar-refractivity contribution in [3.05, 3.63) is 53.8 Å². The highest BCUT2D eigenvalue weighted by atomic mass is 19.1. The molecule has 2 aromatic carbocycles. The van der Waals surface area contributed by atoms with E-state index >= 15 is 0 Å². The molecule has 28 heavy (non-hydrogen) atoms. The summed E-state index contributed by atoms with van der Waals surface area (Å²) in [5.74, 6) is -0.850. The first-order valence-electron chi connectivity index (χ1n) is 9.84. The van der Waals surface area contributed by atoms with Crippen LogP contribution in [0.3, 0.4) is 0 Å². The molecule has 0 spiro atoms. The molecule has 1 saturated heterocycles. The van der Waals surface area contributed by atoms with Crippen LogP contribution in [0.5, 0.6) is 11.5 Å². The molecule has 3 rings (SSSR count). The van der Waals surface area contributed by atoms with Crippen molar-refractivity contribution in [2.45, 2.75) is 26.9 Å². The number of phenols is 1. The predicted molar refractivity (Wildman–Crippen MR) is 111 cm³/mol.